The summed E-state index contributed by atoms with van der Waals surface area (Å²) in [6, 6.07) is 6.79. The van der Waals surface area contributed by atoms with E-state index < -0.39 is 11.7 Å². The standard InChI is InChI=1S/C16H25FN2O2/c1-16(2,3)21-15(20)19-11-6-10-18-12-9-13-7-4-5-8-14(13)17/h4-5,7-8,18H,6,9-12H2,1-3H3,(H,19,20). The van der Waals surface area contributed by atoms with Gasteiger partial charge in [0.25, 0.3) is 0 Å². The van der Waals surface area contributed by atoms with Gasteiger partial charge in [-0.2, -0.15) is 0 Å². The first-order valence-corrected chi connectivity index (χ1v) is 7.29. The van der Waals surface area contributed by atoms with Crippen molar-refractivity contribution in [3.8, 4) is 0 Å². The normalized spacial score (nSPS) is 11.2. The fourth-order valence-electron chi connectivity index (χ4n) is 1.77. The highest BCUT2D eigenvalue weighted by Gasteiger charge is 2.15. The molecule has 0 heterocycles. The second-order valence-electron chi connectivity index (χ2n) is 5.87. The number of rotatable bonds is 7. The van der Waals surface area contributed by atoms with Crippen LogP contribution in [0.4, 0.5) is 9.18 Å². The molecule has 0 radical (unpaired) electrons. The van der Waals surface area contributed by atoms with Crippen molar-refractivity contribution < 1.29 is 13.9 Å². The van der Waals surface area contributed by atoms with Crippen molar-refractivity contribution in [1.82, 2.24) is 10.6 Å². The van der Waals surface area contributed by atoms with Gasteiger partial charge in [-0.05, 0) is 58.3 Å². The van der Waals surface area contributed by atoms with Crippen molar-refractivity contribution in [1.29, 1.82) is 0 Å². The maximum Gasteiger partial charge on any atom is 0.407 e. The molecule has 0 saturated carbocycles. The monoisotopic (exact) mass is 296 g/mol. The van der Waals surface area contributed by atoms with E-state index in [1.54, 1.807) is 12.1 Å². The van der Waals surface area contributed by atoms with Crippen LogP contribution in [0.15, 0.2) is 24.3 Å². The Morgan fingerprint density at radius 3 is 2.57 bits per heavy atom. The van der Waals surface area contributed by atoms with Gasteiger partial charge in [0.05, 0.1) is 0 Å². The first-order chi connectivity index (χ1) is 9.88. The third kappa shape index (κ3) is 8.30. The predicted octanol–water partition coefficient (Wildman–Crippen LogP) is 2.87. The quantitative estimate of drug-likeness (QED) is 0.761. The molecule has 0 aliphatic carbocycles. The average molecular weight is 296 g/mol. The van der Waals surface area contributed by atoms with Gasteiger partial charge in [0.15, 0.2) is 0 Å². The molecule has 4 nitrogen and oxygen atoms in total. The summed E-state index contributed by atoms with van der Waals surface area (Å²) in [4.78, 5) is 11.4. The summed E-state index contributed by atoms with van der Waals surface area (Å²) in [5, 5.41) is 5.92. The van der Waals surface area contributed by atoms with E-state index in [2.05, 4.69) is 10.6 Å². The number of carbonyl (C=O) groups excluding carboxylic acids is 1. The highest BCUT2D eigenvalue weighted by Crippen LogP contribution is 2.06. The summed E-state index contributed by atoms with van der Waals surface area (Å²) in [7, 11) is 0. The Labute approximate surface area is 126 Å². The fraction of sp³-hybridized carbons (Fsp3) is 0.562. The van der Waals surface area contributed by atoms with E-state index in [0.717, 1.165) is 18.5 Å². The highest BCUT2D eigenvalue weighted by atomic mass is 19.1. The molecule has 1 amide bonds. The summed E-state index contributed by atoms with van der Waals surface area (Å²) in [6.45, 7) is 7.53. The van der Waals surface area contributed by atoms with Crippen molar-refractivity contribution in [3.05, 3.63) is 35.6 Å². The molecule has 1 rings (SSSR count). The van der Waals surface area contributed by atoms with Crippen molar-refractivity contribution >= 4 is 6.09 Å². The minimum absolute atomic E-state index is 0.161. The van der Waals surface area contributed by atoms with Crippen LogP contribution in [0, 0.1) is 5.82 Å². The SMILES string of the molecule is CC(C)(C)OC(=O)NCCCNCCc1ccccc1F. The Morgan fingerprint density at radius 2 is 1.90 bits per heavy atom. The zero-order valence-corrected chi connectivity index (χ0v) is 13.0. The molecule has 0 aliphatic heterocycles. The second-order valence-corrected chi connectivity index (χ2v) is 5.87. The van der Waals surface area contributed by atoms with Crippen LogP contribution in [0.1, 0.15) is 32.8 Å². The van der Waals surface area contributed by atoms with Crippen molar-refractivity contribution in [3.63, 3.8) is 0 Å². The first kappa shape index (κ1) is 17.4. The van der Waals surface area contributed by atoms with Crippen molar-refractivity contribution in [2.45, 2.75) is 39.2 Å². The summed E-state index contributed by atoms with van der Waals surface area (Å²) in [5.74, 6) is -0.161. The van der Waals surface area contributed by atoms with Crippen LogP contribution in [0.2, 0.25) is 0 Å². The largest absolute Gasteiger partial charge is 0.444 e. The van der Waals surface area contributed by atoms with Gasteiger partial charge in [0, 0.05) is 6.54 Å². The topological polar surface area (TPSA) is 50.4 Å². The van der Waals surface area contributed by atoms with Crippen LogP contribution < -0.4 is 10.6 Å². The van der Waals surface area contributed by atoms with Crippen LogP contribution in [-0.2, 0) is 11.2 Å². The molecule has 21 heavy (non-hydrogen) atoms. The van der Waals surface area contributed by atoms with Gasteiger partial charge in [0.2, 0.25) is 0 Å². The lowest BCUT2D eigenvalue weighted by Crippen LogP contribution is -2.34. The smallest absolute Gasteiger partial charge is 0.407 e. The lowest BCUT2D eigenvalue weighted by molar-refractivity contribution is 0.0527. The number of alkyl carbamates (subject to hydrolysis) is 1. The van der Waals surface area contributed by atoms with E-state index in [4.69, 9.17) is 4.74 Å². The van der Waals surface area contributed by atoms with E-state index in [1.807, 2.05) is 26.8 Å². The molecule has 1 aromatic rings. The van der Waals surface area contributed by atoms with Crippen LogP contribution in [0.3, 0.4) is 0 Å². The fourth-order valence-corrected chi connectivity index (χ4v) is 1.77. The van der Waals surface area contributed by atoms with Gasteiger partial charge in [-0.1, -0.05) is 18.2 Å². The lowest BCUT2D eigenvalue weighted by Gasteiger charge is -2.19. The number of ether oxygens (including phenoxy) is 1. The van der Waals surface area contributed by atoms with E-state index in [0.29, 0.717) is 19.5 Å². The van der Waals surface area contributed by atoms with Gasteiger partial charge in [-0.15, -0.1) is 0 Å². The number of halogens is 1. The van der Waals surface area contributed by atoms with E-state index >= 15 is 0 Å². The summed E-state index contributed by atoms with van der Waals surface area (Å²) in [5.41, 5.74) is 0.249. The minimum atomic E-state index is -0.470. The number of benzene rings is 1. The number of hydrogen-bond donors (Lipinski definition) is 2. The maximum absolute atomic E-state index is 13.4. The third-order valence-corrected chi connectivity index (χ3v) is 2.73. The number of hydrogen-bond acceptors (Lipinski definition) is 3. The average Bonchev–Trinajstić information content (AvgIpc) is 2.37. The number of amides is 1. The summed E-state index contributed by atoms with van der Waals surface area (Å²) < 4.78 is 18.5. The zero-order chi connectivity index (χ0) is 15.7. The molecular weight excluding hydrogens is 271 g/mol. The molecule has 0 atom stereocenters. The van der Waals surface area contributed by atoms with E-state index in [9.17, 15) is 9.18 Å². The molecule has 5 heteroatoms. The molecule has 1 aromatic carbocycles. The number of nitrogens with one attached hydrogen (secondary N) is 2. The molecule has 2 N–H and O–H groups in total. The molecule has 0 fully saturated rings. The van der Waals surface area contributed by atoms with E-state index in [1.165, 1.54) is 6.07 Å². The Hall–Kier alpha value is -1.62. The van der Waals surface area contributed by atoms with E-state index in [-0.39, 0.29) is 5.82 Å². The first-order valence-electron chi connectivity index (χ1n) is 7.29. The molecule has 0 aliphatic rings. The summed E-state index contributed by atoms with van der Waals surface area (Å²) >= 11 is 0. The lowest BCUT2D eigenvalue weighted by atomic mass is 10.1. The van der Waals surface area contributed by atoms with Crippen LogP contribution in [0.5, 0.6) is 0 Å². The van der Waals surface area contributed by atoms with Crippen LogP contribution in [-0.4, -0.2) is 31.3 Å². The Kier molecular flexibility index (Phi) is 7.15. The Morgan fingerprint density at radius 1 is 1.19 bits per heavy atom. The minimum Gasteiger partial charge on any atom is -0.444 e. The Bertz CT molecular complexity index is 444. The Balaban J connectivity index is 2.03. The molecular formula is C16H25FN2O2. The molecule has 0 unspecified atom stereocenters. The zero-order valence-electron chi connectivity index (χ0n) is 13.0. The molecule has 0 saturated heterocycles. The van der Waals surface area contributed by atoms with Gasteiger partial charge in [-0.3, -0.25) is 0 Å². The van der Waals surface area contributed by atoms with Gasteiger partial charge in [-0.25, -0.2) is 9.18 Å². The van der Waals surface area contributed by atoms with Crippen LogP contribution in [0.25, 0.3) is 0 Å². The second kappa shape index (κ2) is 8.62. The summed E-state index contributed by atoms with van der Waals surface area (Å²) in [6.07, 6.45) is 1.07. The molecule has 118 valence electrons. The molecule has 0 spiro atoms. The van der Waals surface area contributed by atoms with Gasteiger partial charge < -0.3 is 15.4 Å². The van der Waals surface area contributed by atoms with Gasteiger partial charge in [0.1, 0.15) is 11.4 Å². The van der Waals surface area contributed by atoms with Gasteiger partial charge >= 0.3 is 6.09 Å². The van der Waals surface area contributed by atoms with Crippen LogP contribution >= 0.6 is 0 Å². The highest BCUT2D eigenvalue weighted by molar-refractivity contribution is 5.67. The molecule has 0 bridgehead atoms. The number of carbonyl (C=O) groups is 1. The molecule has 0 aromatic heterocycles. The maximum atomic E-state index is 13.4. The predicted molar refractivity (Wildman–Crippen MR) is 81.8 cm³/mol. The third-order valence-electron chi connectivity index (χ3n) is 2.73. The van der Waals surface area contributed by atoms with Crippen molar-refractivity contribution in [2.75, 3.05) is 19.6 Å². The van der Waals surface area contributed by atoms with Crippen molar-refractivity contribution in [2.24, 2.45) is 0 Å².